The average molecular weight is 330 g/mol. The van der Waals surface area contributed by atoms with Gasteiger partial charge in [-0.2, -0.15) is 4.31 Å². The van der Waals surface area contributed by atoms with Gasteiger partial charge in [0.2, 0.25) is 10.0 Å². The molecule has 1 heterocycles. The topological polar surface area (TPSA) is 40.6 Å². The van der Waals surface area contributed by atoms with Crippen molar-refractivity contribution in [2.75, 3.05) is 31.9 Å². The summed E-state index contributed by atoms with van der Waals surface area (Å²) < 4.78 is 53.1. The van der Waals surface area contributed by atoms with Crippen molar-refractivity contribution in [3.8, 4) is 0 Å². The van der Waals surface area contributed by atoms with Gasteiger partial charge < -0.3 is 0 Å². The van der Waals surface area contributed by atoms with Crippen LogP contribution in [0.2, 0.25) is 0 Å². The van der Waals surface area contributed by atoms with E-state index in [-0.39, 0.29) is 23.4 Å². The first kappa shape index (κ1) is 15.8. The first-order chi connectivity index (χ1) is 10.4. The molecule has 2 aliphatic rings. The van der Waals surface area contributed by atoms with Crippen LogP contribution in [0.3, 0.4) is 0 Å². The van der Waals surface area contributed by atoms with Crippen LogP contribution >= 0.6 is 0 Å². The largest absolute Gasteiger partial charge is 0.294 e. The van der Waals surface area contributed by atoms with Gasteiger partial charge in [-0.25, -0.2) is 17.2 Å². The summed E-state index contributed by atoms with van der Waals surface area (Å²) in [4.78, 5) is 2.08. The molecule has 1 aliphatic heterocycles. The summed E-state index contributed by atoms with van der Waals surface area (Å²) >= 11 is 0. The molecule has 4 nitrogen and oxygen atoms in total. The van der Waals surface area contributed by atoms with E-state index in [1.807, 2.05) is 0 Å². The second-order valence-corrected chi connectivity index (χ2v) is 8.07. The van der Waals surface area contributed by atoms with Crippen molar-refractivity contribution in [1.82, 2.24) is 9.21 Å². The molecule has 1 aliphatic carbocycles. The highest BCUT2D eigenvalue weighted by Crippen LogP contribution is 2.39. The van der Waals surface area contributed by atoms with Crippen molar-refractivity contribution in [1.29, 1.82) is 0 Å². The number of piperazine rings is 1. The third-order valence-corrected chi connectivity index (χ3v) is 6.60. The number of rotatable bonds is 3. The molecule has 0 radical (unpaired) electrons. The van der Waals surface area contributed by atoms with Gasteiger partial charge in [-0.15, -0.1) is 0 Å². The Kier molecular flexibility index (Phi) is 4.22. The summed E-state index contributed by atoms with van der Waals surface area (Å²) in [7, 11) is -3.17. The molecule has 0 N–H and O–H groups in total. The molecular weight excluding hydrogens is 310 g/mol. The maximum absolute atomic E-state index is 14.1. The van der Waals surface area contributed by atoms with Crippen molar-refractivity contribution in [2.45, 2.75) is 25.8 Å². The van der Waals surface area contributed by atoms with E-state index in [1.165, 1.54) is 16.4 Å². The van der Waals surface area contributed by atoms with Crippen molar-refractivity contribution in [3.63, 3.8) is 0 Å². The zero-order valence-electron chi connectivity index (χ0n) is 12.6. The number of hydrogen-bond acceptors (Lipinski definition) is 3. The van der Waals surface area contributed by atoms with E-state index in [0.717, 1.165) is 0 Å². The molecule has 0 amide bonds. The third-order valence-electron chi connectivity index (χ3n) is 4.72. The lowest BCUT2D eigenvalue weighted by molar-refractivity contribution is 0.135. The molecule has 1 aromatic rings. The molecule has 0 saturated carbocycles. The molecule has 1 aromatic carbocycles. The van der Waals surface area contributed by atoms with Gasteiger partial charge in [0.1, 0.15) is 11.6 Å². The lowest BCUT2D eigenvalue weighted by Crippen LogP contribution is -2.49. The summed E-state index contributed by atoms with van der Waals surface area (Å²) in [5.41, 5.74) is 0.945. The predicted octanol–water partition coefficient (Wildman–Crippen LogP) is 1.92. The number of hydrogen-bond donors (Lipinski definition) is 0. The van der Waals surface area contributed by atoms with Crippen molar-refractivity contribution in [2.24, 2.45) is 0 Å². The number of fused-ring (bicyclic) bond motifs is 1. The van der Waals surface area contributed by atoms with Gasteiger partial charge in [-0.05, 0) is 37.5 Å². The zero-order valence-corrected chi connectivity index (χ0v) is 13.4. The SMILES string of the molecule is CCS(=O)(=O)N1CCN([C@H]2CCc3c(F)ccc(F)c32)CC1. The van der Waals surface area contributed by atoms with E-state index < -0.39 is 10.0 Å². The minimum Gasteiger partial charge on any atom is -0.294 e. The monoisotopic (exact) mass is 330 g/mol. The fraction of sp³-hybridized carbons (Fsp3) is 0.600. The molecule has 0 bridgehead atoms. The summed E-state index contributed by atoms with van der Waals surface area (Å²) in [6.45, 7) is 3.57. The molecule has 3 rings (SSSR count). The van der Waals surface area contributed by atoms with E-state index in [0.29, 0.717) is 50.1 Å². The fourth-order valence-electron chi connectivity index (χ4n) is 3.49. The normalized spacial score (nSPS) is 23.7. The van der Waals surface area contributed by atoms with E-state index in [1.54, 1.807) is 6.92 Å². The standard InChI is InChI=1S/C15H20F2N2O2S/c1-2-22(20,21)19-9-7-18(8-10-19)14-6-3-11-12(16)4-5-13(17)15(11)14/h4-5,14H,2-3,6-10H2,1H3/t14-/m0/s1. The Labute approximate surface area is 129 Å². The lowest BCUT2D eigenvalue weighted by Gasteiger charge is -2.37. The first-order valence-electron chi connectivity index (χ1n) is 7.62. The summed E-state index contributed by atoms with van der Waals surface area (Å²) in [6.07, 6.45) is 1.23. The van der Waals surface area contributed by atoms with Crippen LogP contribution in [0.25, 0.3) is 0 Å². The van der Waals surface area contributed by atoms with Gasteiger partial charge in [0.15, 0.2) is 0 Å². The van der Waals surface area contributed by atoms with Crippen molar-refractivity contribution >= 4 is 10.0 Å². The van der Waals surface area contributed by atoms with Crippen LogP contribution in [0.5, 0.6) is 0 Å². The van der Waals surface area contributed by atoms with Gasteiger partial charge in [0.25, 0.3) is 0 Å². The average Bonchev–Trinajstić information content (AvgIpc) is 2.97. The highest BCUT2D eigenvalue weighted by Gasteiger charge is 2.35. The van der Waals surface area contributed by atoms with E-state index in [4.69, 9.17) is 0 Å². The van der Waals surface area contributed by atoms with Crippen LogP contribution in [0.4, 0.5) is 8.78 Å². The number of nitrogens with zero attached hydrogens (tertiary/aromatic N) is 2. The second kappa shape index (κ2) is 5.86. The van der Waals surface area contributed by atoms with Crippen LogP contribution < -0.4 is 0 Å². The molecule has 0 spiro atoms. The summed E-state index contributed by atoms with van der Waals surface area (Å²) in [5.74, 6) is -0.604. The fourth-order valence-corrected chi connectivity index (χ4v) is 4.58. The Hall–Kier alpha value is -1.05. The van der Waals surface area contributed by atoms with Gasteiger partial charge in [-0.3, -0.25) is 4.90 Å². The van der Waals surface area contributed by atoms with Crippen molar-refractivity contribution < 1.29 is 17.2 Å². The molecule has 22 heavy (non-hydrogen) atoms. The minimum absolute atomic E-state index is 0.0963. The third kappa shape index (κ3) is 2.66. The van der Waals surface area contributed by atoms with Crippen LogP contribution in [0, 0.1) is 11.6 Å². The number of halogens is 2. The van der Waals surface area contributed by atoms with Crippen LogP contribution in [0.15, 0.2) is 12.1 Å². The quantitative estimate of drug-likeness (QED) is 0.850. The van der Waals surface area contributed by atoms with E-state index in [2.05, 4.69) is 4.90 Å². The van der Waals surface area contributed by atoms with Crippen LogP contribution in [0.1, 0.15) is 30.5 Å². The Morgan fingerprint density at radius 2 is 1.77 bits per heavy atom. The Morgan fingerprint density at radius 1 is 1.14 bits per heavy atom. The van der Waals surface area contributed by atoms with E-state index >= 15 is 0 Å². The molecular formula is C15H20F2N2O2S. The van der Waals surface area contributed by atoms with Crippen molar-refractivity contribution in [3.05, 3.63) is 34.9 Å². The molecule has 0 aromatic heterocycles. The maximum atomic E-state index is 14.1. The summed E-state index contributed by atoms with van der Waals surface area (Å²) in [5, 5.41) is 0. The maximum Gasteiger partial charge on any atom is 0.213 e. The zero-order chi connectivity index (χ0) is 15.9. The van der Waals surface area contributed by atoms with E-state index in [9.17, 15) is 17.2 Å². The highest BCUT2D eigenvalue weighted by molar-refractivity contribution is 7.89. The number of sulfonamides is 1. The van der Waals surface area contributed by atoms with Crippen LogP contribution in [-0.2, 0) is 16.4 Å². The molecule has 0 unspecified atom stereocenters. The predicted molar refractivity (Wildman–Crippen MR) is 80.0 cm³/mol. The summed E-state index contributed by atoms with van der Waals surface area (Å²) in [6, 6.07) is 2.23. The Morgan fingerprint density at radius 3 is 2.41 bits per heavy atom. The van der Waals surface area contributed by atoms with Gasteiger partial charge in [0.05, 0.1) is 5.75 Å². The molecule has 1 fully saturated rings. The van der Waals surface area contributed by atoms with Gasteiger partial charge in [-0.1, -0.05) is 0 Å². The second-order valence-electron chi connectivity index (χ2n) is 5.81. The molecule has 1 atom stereocenters. The van der Waals surface area contributed by atoms with Gasteiger partial charge in [0, 0.05) is 37.8 Å². The first-order valence-corrected chi connectivity index (χ1v) is 9.23. The number of benzene rings is 1. The molecule has 122 valence electrons. The Bertz CT molecular complexity index is 670. The highest BCUT2D eigenvalue weighted by atomic mass is 32.2. The molecule has 1 saturated heterocycles. The molecule has 7 heteroatoms. The van der Waals surface area contributed by atoms with Gasteiger partial charge >= 0.3 is 0 Å². The Balaban J connectivity index is 1.76. The minimum atomic E-state index is -3.17. The lowest BCUT2D eigenvalue weighted by atomic mass is 10.0. The van der Waals surface area contributed by atoms with Crippen LogP contribution in [-0.4, -0.2) is 49.6 Å². The smallest absolute Gasteiger partial charge is 0.213 e.